The first-order valence-corrected chi connectivity index (χ1v) is 12.6. The molecule has 1 saturated carbocycles. The van der Waals surface area contributed by atoms with E-state index >= 15 is 0 Å². The van der Waals surface area contributed by atoms with Gasteiger partial charge in [0.1, 0.15) is 5.75 Å². The van der Waals surface area contributed by atoms with Gasteiger partial charge in [-0.2, -0.15) is 0 Å². The summed E-state index contributed by atoms with van der Waals surface area (Å²) in [5.74, 6) is 2.70. The second-order valence-electron chi connectivity index (χ2n) is 10.0. The average Bonchev–Trinajstić information content (AvgIpc) is 3.16. The van der Waals surface area contributed by atoms with Gasteiger partial charge in [0.05, 0.1) is 36.7 Å². The van der Waals surface area contributed by atoms with E-state index in [9.17, 15) is 4.79 Å². The molecule has 3 aromatic rings. The Morgan fingerprint density at radius 1 is 1.06 bits per heavy atom. The van der Waals surface area contributed by atoms with Crippen LogP contribution in [-0.4, -0.2) is 54.0 Å². The molecule has 2 aromatic heterocycles. The van der Waals surface area contributed by atoms with Crippen LogP contribution in [-0.2, 0) is 17.8 Å². The number of rotatable bonds is 6. The predicted molar refractivity (Wildman–Crippen MR) is 133 cm³/mol. The fourth-order valence-corrected chi connectivity index (χ4v) is 6.11. The van der Waals surface area contributed by atoms with Crippen LogP contribution in [0.3, 0.4) is 0 Å². The van der Waals surface area contributed by atoms with Crippen LogP contribution in [0.4, 0.5) is 0 Å². The van der Waals surface area contributed by atoms with Gasteiger partial charge in [-0.05, 0) is 29.9 Å². The molecule has 0 radical (unpaired) electrons. The molecule has 0 spiro atoms. The molecule has 3 atom stereocenters. The highest BCUT2D eigenvalue weighted by Crippen LogP contribution is 2.36. The molecule has 0 N–H and O–H groups in total. The lowest BCUT2D eigenvalue weighted by atomic mass is 9.73. The largest absolute Gasteiger partial charge is 0.495 e. The maximum absolute atomic E-state index is 13.8. The summed E-state index contributed by atoms with van der Waals surface area (Å²) in [5.41, 5.74) is 2.16. The lowest BCUT2D eigenvalue weighted by molar-refractivity contribution is 0.0366. The zero-order valence-corrected chi connectivity index (χ0v) is 20.3. The maximum Gasteiger partial charge on any atom is 0.260 e. The van der Waals surface area contributed by atoms with Gasteiger partial charge in [0.25, 0.3) is 5.56 Å². The van der Waals surface area contributed by atoms with E-state index in [2.05, 4.69) is 35.4 Å². The van der Waals surface area contributed by atoms with Crippen molar-refractivity contribution in [3.05, 3.63) is 40.8 Å². The third-order valence-electron chi connectivity index (χ3n) is 8.12. The third-order valence-corrected chi connectivity index (χ3v) is 8.12. The quantitative estimate of drug-likeness (QED) is 0.558. The lowest BCUT2D eigenvalue weighted by Crippen LogP contribution is -2.38. The molecule has 1 aromatic carbocycles. The van der Waals surface area contributed by atoms with Crippen LogP contribution in [0.2, 0.25) is 0 Å². The van der Waals surface area contributed by atoms with Crippen molar-refractivity contribution in [2.45, 2.75) is 46.2 Å². The van der Waals surface area contributed by atoms with Crippen molar-refractivity contribution in [1.29, 1.82) is 0 Å². The molecule has 0 bridgehead atoms. The van der Waals surface area contributed by atoms with Gasteiger partial charge in [0.15, 0.2) is 0 Å². The summed E-state index contributed by atoms with van der Waals surface area (Å²) in [5, 5.41) is 1.82. The van der Waals surface area contributed by atoms with Crippen LogP contribution < -0.4 is 10.3 Å². The van der Waals surface area contributed by atoms with Crippen LogP contribution in [0.1, 0.15) is 33.1 Å². The summed E-state index contributed by atoms with van der Waals surface area (Å²) < 4.78 is 15.5. The standard InChI is InChI=1S/C27H37N3O3/c1-19-6-4-7-20(2)22(19)18-29-11-10-23-25(27(29)31)21-8-5-9-24(32-3)26(21)30(23)13-12-28-14-16-33-17-15-28/h5,8-11,19-20,22H,4,6-7,12-18H2,1-3H3/t19-,20?,22?/m0/s1. The van der Waals surface area contributed by atoms with E-state index in [4.69, 9.17) is 9.47 Å². The van der Waals surface area contributed by atoms with Gasteiger partial charge in [0.2, 0.25) is 0 Å². The van der Waals surface area contributed by atoms with Crippen molar-refractivity contribution < 1.29 is 9.47 Å². The Bertz CT molecular complexity index is 1160. The second-order valence-corrected chi connectivity index (χ2v) is 10.0. The van der Waals surface area contributed by atoms with Gasteiger partial charge in [-0.25, -0.2) is 0 Å². The summed E-state index contributed by atoms with van der Waals surface area (Å²) in [4.78, 5) is 16.3. The molecule has 1 aliphatic heterocycles. The van der Waals surface area contributed by atoms with Gasteiger partial charge in [-0.3, -0.25) is 9.69 Å². The van der Waals surface area contributed by atoms with Gasteiger partial charge in [0, 0.05) is 44.3 Å². The summed E-state index contributed by atoms with van der Waals surface area (Å²) in [7, 11) is 1.71. The number of morpholine rings is 1. The summed E-state index contributed by atoms with van der Waals surface area (Å²) in [6, 6.07) is 8.21. The SMILES string of the molecule is COc1cccc2c3c(=O)n(CC4C(C)CCC[C@@H]4C)ccc3n(CCN3CCOCC3)c12. The Hall–Kier alpha value is -2.31. The fourth-order valence-electron chi connectivity index (χ4n) is 6.11. The zero-order chi connectivity index (χ0) is 22.9. The van der Waals surface area contributed by atoms with Gasteiger partial charge < -0.3 is 18.6 Å². The summed E-state index contributed by atoms with van der Waals surface area (Å²) in [6.07, 6.45) is 5.87. The van der Waals surface area contributed by atoms with E-state index in [-0.39, 0.29) is 5.56 Å². The Morgan fingerprint density at radius 2 is 1.82 bits per heavy atom. The van der Waals surface area contributed by atoms with Crippen molar-refractivity contribution in [1.82, 2.24) is 14.0 Å². The maximum atomic E-state index is 13.8. The van der Waals surface area contributed by atoms with Crippen molar-refractivity contribution in [3.63, 3.8) is 0 Å². The Kier molecular flexibility index (Phi) is 6.48. The highest BCUT2D eigenvalue weighted by atomic mass is 16.5. The molecule has 2 aliphatic rings. The van der Waals surface area contributed by atoms with E-state index in [1.807, 2.05) is 22.9 Å². The monoisotopic (exact) mass is 451 g/mol. The zero-order valence-electron chi connectivity index (χ0n) is 20.3. The molecular weight excluding hydrogens is 414 g/mol. The van der Waals surface area contributed by atoms with E-state index in [0.717, 1.165) is 73.5 Å². The van der Waals surface area contributed by atoms with Gasteiger partial charge in [-0.1, -0.05) is 45.2 Å². The summed E-state index contributed by atoms with van der Waals surface area (Å²) in [6.45, 7) is 10.8. The molecule has 1 aliphatic carbocycles. The number of ether oxygens (including phenoxy) is 2. The van der Waals surface area contributed by atoms with Crippen molar-refractivity contribution in [3.8, 4) is 5.75 Å². The van der Waals surface area contributed by atoms with Crippen molar-refractivity contribution in [2.75, 3.05) is 40.0 Å². The van der Waals surface area contributed by atoms with Crippen LogP contribution in [0, 0.1) is 17.8 Å². The van der Waals surface area contributed by atoms with Crippen molar-refractivity contribution >= 4 is 21.8 Å². The number of fused-ring (bicyclic) bond motifs is 3. The topological polar surface area (TPSA) is 48.6 Å². The van der Waals surface area contributed by atoms with Crippen LogP contribution in [0.5, 0.6) is 5.75 Å². The number of para-hydroxylation sites is 1. The van der Waals surface area contributed by atoms with Crippen LogP contribution >= 0.6 is 0 Å². The molecule has 33 heavy (non-hydrogen) atoms. The highest BCUT2D eigenvalue weighted by molar-refractivity contribution is 6.09. The van der Waals surface area contributed by atoms with Crippen molar-refractivity contribution in [2.24, 2.45) is 17.8 Å². The minimum Gasteiger partial charge on any atom is -0.495 e. The molecule has 2 fully saturated rings. The number of nitrogens with zero attached hydrogens (tertiary/aromatic N) is 3. The fraction of sp³-hybridized carbons (Fsp3) is 0.593. The average molecular weight is 452 g/mol. The molecule has 1 saturated heterocycles. The van der Waals surface area contributed by atoms with Crippen LogP contribution in [0.25, 0.3) is 21.8 Å². The molecule has 6 nitrogen and oxygen atoms in total. The predicted octanol–water partition coefficient (Wildman–Crippen LogP) is 4.37. The molecule has 0 amide bonds. The molecule has 2 unspecified atom stereocenters. The number of hydrogen-bond donors (Lipinski definition) is 0. The molecule has 178 valence electrons. The first-order valence-electron chi connectivity index (χ1n) is 12.6. The molecule has 6 heteroatoms. The van der Waals surface area contributed by atoms with Gasteiger partial charge >= 0.3 is 0 Å². The van der Waals surface area contributed by atoms with Crippen LogP contribution in [0.15, 0.2) is 35.3 Å². The minimum absolute atomic E-state index is 0.126. The number of pyridine rings is 1. The normalized spacial score (nSPS) is 24.5. The van der Waals surface area contributed by atoms with E-state index in [1.165, 1.54) is 19.3 Å². The molecule has 3 heterocycles. The number of hydrogen-bond acceptors (Lipinski definition) is 4. The Balaban J connectivity index is 1.57. The lowest BCUT2D eigenvalue weighted by Gasteiger charge is -2.35. The number of benzene rings is 1. The number of methoxy groups -OCH3 is 1. The Labute approximate surface area is 196 Å². The molecular formula is C27H37N3O3. The van der Waals surface area contributed by atoms with E-state index in [1.54, 1.807) is 7.11 Å². The smallest absolute Gasteiger partial charge is 0.260 e. The van der Waals surface area contributed by atoms with E-state index in [0.29, 0.717) is 17.8 Å². The van der Waals surface area contributed by atoms with E-state index < -0.39 is 0 Å². The minimum atomic E-state index is 0.126. The first-order chi connectivity index (χ1) is 16.1. The number of aromatic nitrogens is 2. The highest BCUT2D eigenvalue weighted by Gasteiger charge is 2.28. The summed E-state index contributed by atoms with van der Waals surface area (Å²) >= 11 is 0. The molecule has 5 rings (SSSR count). The first kappa shape index (κ1) is 22.5. The Morgan fingerprint density at radius 3 is 2.55 bits per heavy atom. The third kappa shape index (κ3) is 4.19. The van der Waals surface area contributed by atoms with Gasteiger partial charge in [-0.15, -0.1) is 0 Å². The second kappa shape index (κ2) is 9.51.